The van der Waals surface area contributed by atoms with E-state index >= 15 is 4.79 Å². The second kappa shape index (κ2) is 40.8. The first-order valence-corrected chi connectivity index (χ1v) is 32.7. The third-order valence-electron chi connectivity index (χ3n) is 14.7. The van der Waals surface area contributed by atoms with Crippen molar-refractivity contribution in [2.75, 3.05) is 56.5 Å². The van der Waals surface area contributed by atoms with Crippen LogP contribution < -0.4 is 81.8 Å². The number of thioether (sulfide) groups is 2. The number of nitrogens with one attached hydrogen (secondary N) is 10. The number of benzene rings is 2. The third kappa shape index (κ3) is 28.4. The van der Waals surface area contributed by atoms with Crippen molar-refractivity contribution >= 4 is 112 Å². The van der Waals surface area contributed by atoms with E-state index < -0.39 is 188 Å². The molecular formula is C59H86N16O17S2. The van der Waals surface area contributed by atoms with Gasteiger partial charge >= 0.3 is 5.97 Å². The highest BCUT2D eigenvalue weighted by molar-refractivity contribution is 8.03. The molecule has 2 aromatic carbocycles. The van der Waals surface area contributed by atoms with Crippen molar-refractivity contribution in [1.82, 2.24) is 58.1 Å². The number of phenols is 1. The molecule has 1 unspecified atom stereocenters. The van der Waals surface area contributed by atoms with Crippen molar-refractivity contribution in [3.63, 3.8) is 0 Å². The Bertz CT molecular complexity index is 2990. The molecule has 0 aliphatic carbocycles. The maximum Gasteiger partial charge on any atom is 0.303 e. The van der Waals surface area contributed by atoms with E-state index in [-0.39, 0.29) is 87.5 Å². The highest BCUT2D eigenvalue weighted by atomic mass is 32.2. The molecule has 2 heterocycles. The zero-order valence-corrected chi connectivity index (χ0v) is 53.5. The van der Waals surface area contributed by atoms with Crippen LogP contribution in [0.1, 0.15) is 88.2 Å². The molecule has 0 radical (unpaired) electrons. The minimum absolute atomic E-state index is 0.0460. The summed E-state index contributed by atoms with van der Waals surface area (Å²) in [5.74, 6) is -14.7. The monoisotopic (exact) mass is 1350 g/mol. The van der Waals surface area contributed by atoms with Crippen LogP contribution in [-0.4, -0.2) is 214 Å². The van der Waals surface area contributed by atoms with Crippen molar-refractivity contribution in [2.24, 2.45) is 28.7 Å². The minimum atomic E-state index is -1.89. The van der Waals surface area contributed by atoms with Crippen LogP contribution in [0.3, 0.4) is 0 Å². The molecule has 2 aliphatic heterocycles. The average Bonchev–Trinajstić information content (AvgIpc) is 1.60. The van der Waals surface area contributed by atoms with Crippen molar-refractivity contribution in [3.05, 3.63) is 65.7 Å². The predicted molar refractivity (Wildman–Crippen MR) is 342 cm³/mol. The van der Waals surface area contributed by atoms with E-state index in [1.165, 1.54) is 29.2 Å². The molecule has 2 aliphatic rings. The second-order valence-electron chi connectivity index (χ2n) is 22.3. The Morgan fingerprint density at radius 3 is 1.84 bits per heavy atom. The van der Waals surface area contributed by atoms with Crippen molar-refractivity contribution in [3.8, 4) is 5.75 Å². The predicted octanol–water partition coefficient (Wildman–Crippen LogP) is -5.88. The summed E-state index contributed by atoms with van der Waals surface area (Å²) in [6.45, 7) is -2.03. The number of carbonyl (C=O) groups excluding carboxylic acids is 14. The summed E-state index contributed by atoms with van der Waals surface area (Å²) in [4.78, 5) is 204. The SMILES string of the molecule is NCCCC[C@H](NC(=O)[C@@H]1CCCN1C(=O)[C@@H]1CSCC(CCCCC(=O)O)SC[C@H](NC(=O)CNC(=O)CNC(=O)CN)C(=O)N[C@@H](Cc2ccc(O)cc2)C(=O)N[C@@H](Cc2ccccc2)C(=O)N[C@@H](CCC(N)=O)C(=O)N[C@@H](CC(N)=O)C(=O)N1)C(=O)NCC(N)=O. The van der Waals surface area contributed by atoms with E-state index in [4.69, 9.17) is 28.7 Å². The number of carbonyl (C=O) groups is 15. The molecule has 22 N–H and O–H groups in total. The first kappa shape index (κ1) is 77.4. The molecule has 0 spiro atoms. The van der Waals surface area contributed by atoms with Crippen LogP contribution in [0.4, 0.5) is 0 Å². The van der Waals surface area contributed by atoms with Gasteiger partial charge in [0.1, 0.15) is 54.1 Å². The van der Waals surface area contributed by atoms with Crippen LogP contribution in [-0.2, 0) is 84.8 Å². The largest absolute Gasteiger partial charge is 0.508 e. The molecule has 14 amide bonds. The van der Waals surface area contributed by atoms with Gasteiger partial charge in [-0.15, -0.1) is 0 Å². The topological polar surface area (TPSA) is 550 Å². The van der Waals surface area contributed by atoms with Gasteiger partial charge < -0.3 is 96.9 Å². The summed E-state index contributed by atoms with van der Waals surface area (Å²) in [6.07, 6.45) is -0.758. The Hall–Kier alpha value is -9.09. The summed E-state index contributed by atoms with van der Waals surface area (Å²) >= 11 is 2.18. The quantitative estimate of drug-likeness (QED) is 0.0324. The lowest BCUT2D eigenvalue weighted by Crippen LogP contribution is -2.61. The van der Waals surface area contributed by atoms with Gasteiger partial charge in [-0.2, -0.15) is 23.5 Å². The van der Waals surface area contributed by atoms with Crippen LogP contribution in [0, 0.1) is 0 Å². The molecular weight excluding hydrogens is 1270 g/mol. The summed E-state index contributed by atoms with van der Waals surface area (Å²) in [5.41, 5.74) is 28.3. The first-order chi connectivity index (χ1) is 44.8. The van der Waals surface area contributed by atoms with Gasteiger partial charge in [-0.05, 0) is 81.2 Å². The second-order valence-corrected chi connectivity index (χ2v) is 24.7. The third-order valence-corrected chi connectivity index (χ3v) is 17.5. The molecule has 0 aromatic heterocycles. The molecule has 9 atom stereocenters. The fourth-order valence-corrected chi connectivity index (χ4v) is 12.5. The Balaban J connectivity index is 1.89. The molecule has 516 valence electrons. The molecule has 0 saturated carbocycles. The molecule has 33 nitrogen and oxygen atoms in total. The van der Waals surface area contributed by atoms with E-state index in [2.05, 4.69) is 53.2 Å². The number of carboxylic acid groups (broad SMARTS) is 1. The molecule has 2 saturated heterocycles. The van der Waals surface area contributed by atoms with Gasteiger partial charge in [0.25, 0.3) is 0 Å². The molecule has 35 heteroatoms. The Labute approximate surface area is 550 Å². The number of nitrogens with two attached hydrogens (primary N) is 5. The number of carboxylic acids is 1. The number of aromatic hydroxyl groups is 1. The van der Waals surface area contributed by atoms with Crippen LogP contribution in [0.2, 0.25) is 0 Å². The van der Waals surface area contributed by atoms with Crippen LogP contribution in [0.25, 0.3) is 0 Å². The molecule has 94 heavy (non-hydrogen) atoms. The van der Waals surface area contributed by atoms with Crippen LogP contribution in [0.5, 0.6) is 5.75 Å². The van der Waals surface area contributed by atoms with E-state index in [0.717, 1.165) is 23.5 Å². The van der Waals surface area contributed by atoms with Gasteiger partial charge in [0, 0.05) is 54.7 Å². The van der Waals surface area contributed by atoms with E-state index in [9.17, 15) is 77.3 Å². The standard InChI is InChI=1S/C59H86N16O17S2/c60-21-7-6-12-37(52(85)67-27-47(64)79)70-58(91)44-13-8-22-75(44)59(92)43-31-93-30-36(11-4-5-14-51(83)84)94-32-42(68-50(82)29-66-49(81)28-65-48(80)26-61)57(90)72-40(24-34-15-17-35(76)18-16-34)55(88)71-39(23-33-9-2-1-3-10-33)54(87)69-38(19-20-45(62)77)53(86)73-41(25-46(63)78)56(89)74-43/h1-3,9-10,15-18,36-44,76H,4-8,11-14,19-32,60-61H2,(H2,62,77)(H2,63,78)(H2,64,79)(H,65,80)(H,66,81)(H,67,85)(H,68,82)(H,69,87)(H,70,91)(H,71,88)(H,72,90)(H,73,86)(H,74,89)(H,83,84)/t36?,37-,38-,39-,40-,41-,42-,43-,44-/m0/s1. The number of hydrogen-bond donors (Lipinski definition) is 17. The fourth-order valence-electron chi connectivity index (χ4n) is 9.80. The lowest BCUT2D eigenvalue weighted by Gasteiger charge is -2.31. The summed E-state index contributed by atoms with van der Waals surface area (Å²) in [6, 6.07) is 1.34. The normalized spacial score (nSPS) is 21.3. The number of primary amides is 3. The van der Waals surface area contributed by atoms with Gasteiger partial charge in [0.05, 0.1) is 32.6 Å². The molecule has 2 fully saturated rings. The maximum absolute atomic E-state index is 15.1. The molecule has 2 aromatic rings. The van der Waals surface area contributed by atoms with Gasteiger partial charge in [0.2, 0.25) is 82.7 Å². The highest BCUT2D eigenvalue weighted by Crippen LogP contribution is 2.26. The maximum atomic E-state index is 15.1. The average molecular weight is 1360 g/mol. The Morgan fingerprint density at radius 1 is 0.606 bits per heavy atom. The fraction of sp³-hybridized carbons (Fsp3) is 0.542. The van der Waals surface area contributed by atoms with Crippen molar-refractivity contribution in [2.45, 2.75) is 143 Å². The lowest BCUT2D eigenvalue weighted by molar-refractivity contribution is -0.142. The summed E-state index contributed by atoms with van der Waals surface area (Å²) in [7, 11) is 0. The molecule has 0 bridgehead atoms. The number of aliphatic carboxylic acids is 1. The van der Waals surface area contributed by atoms with E-state index in [1.54, 1.807) is 30.3 Å². The Morgan fingerprint density at radius 2 is 1.21 bits per heavy atom. The summed E-state index contributed by atoms with van der Waals surface area (Å²) in [5, 5.41) is 44.1. The number of amides is 14. The zero-order chi connectivity index (χ0) is 69.3. The number of phenolic OH excluding ortho intramolecular Hbond substituents is 1. The zero-order valence-electron chi connectivity index (χ0n) is 51.8. The van der Waals surface area contributed by atoms with Gasteiger partial charge in [-0.3, -0.25) is 71.9 Å². The number of hydrogen-bond acceptors (Lipinski definition) is 20. The number of likely N-dealkylation sites (tertiary alicyclic amines) is 1. The van der Waals surface area contributed by atoms with E-state index in [0.29, 0.717) is 30.4 Å². The number of unbranched alkanes of at least 4 members (excludes halogenated alkanes) is 2. The number of rotatable bonds is 30. The summed E-state index contributed by atoms with van der Waals surface area (Å²) < 4.78 is 0. The van der Waals surface area contributed by atoms with Crippen LogP contribution >= 0.6 is 23.5 Å². The smallest absolute Gasteiger partial charge is 0.303 e. The number of nitrogens with zero attached hydrogens (tertiary/aromatic N) is 1. The minimum Gasteiger partial charge on any atom is -0.508 e. The Kier molecular flexibility index (Phi) is 33.6. The van der Waals surface area contributed by atoms with Crippen molar-refractivity contribution < 1.29 is 82.1 Å². The highest BCUT2D eigenvalue weighted by Gasteiger charge is 2.41. The van der Waals surface area contributed by atoms with Gasteiger partial charge in [0.15, 0.2) is 0 Å². The van der Waals surface area contributed by atoms with Crippen molar-refractivity contribution in [1.29, 1.82) is 0 Å². The van der Waals surface area contributed by atoms with Gasteiger partial charge in [-0.25, -0.2) is 0 Å². The van der Waals surface area contributed by atoms with E-state index in [1.807, 2.05) is 0 Å². The van der Waals surface area contributed by atoms with Crippen LogP contribution in [0.15, 0.2) is 54.6 Å². The lowest BCUT2D eigenvalue weighted by atomic mass is 10.0. The first-order valence-electron chi connectivity index (χ1n) is 30.5. The molecule has 4 rings (SSSR count). The van der Waals surface area contributed by atoms with Gasteiger partial charge in [-0.1, -0.05) is 48.9 Å².